The number of aliphatic hydroxyl groups excluding tert-OH is 1. The van der Waals surface area contributed by atoms with Crippen LogP contribution in [-0.2, 0) is 19.4 Å². The van der Waals surface area contributed by atoms with Crippen LogP contribution >= 0.6 is 11.3 Å². The molecular weight excluding hydrogens is 586 g/mol. The number of hydrogen-bond acceptors (Lipinski definition) is 11. The minimum atomic E-state index is -4.20. The molecule has 0 radical (unpaired) electrons. The summed E-state index contributed by atoms with van der Waals surface area (Å²) in [4.78, 5) is 42.0. The van der Waals surface area contributed by atoms with Gasteiger partial charge in [-0.2, -0.15) is 0 Å². The molecule has 1 unspecified atom stereocenters. The molecule has 4 aromatic rings. The molecule has 1 atom stereocenters. The Morgan fingerprint density at radius 2 is 1.74 bits per heavy atom. The molecule has 0 spiro atoms. The van der Waals surface area contributed by atoms with Gasteiger partial charge in [0.15, 0.2) is 16.6 Å². The number of nitro benzene ring substituents is 1. The first-order valence-corrected chi connectivity index (χ1v) is 14.4. The number of amides is 1. The lowest BCUT2D eigenvalue weighted by atomic mass is 9.95. The number of aromatic nitrogens is 1. The van der Waals surface area contributed by atoms with Crippen molar-refractivity contribution < 1.29 is 37.9 Å². The van der Waals surface area contributed by atoms with Crippen molar-refractivity contribution in [2.75, 3.05) is 12.0 Å². The minimum Gasteiger partial charge on any atom is -0.507 e. The van der Waals surface area contributed by atoms with Crippen LogP contribution in [0.1, 0.15) is 22.7 Å². The van der Waals surface area contributed by atoms with Crippen molar-refractivity contribution in [2.24, 2.45) is 0 Å². The highest BCUT2D eigenvalue weighted by Gasteiger charge is 2.48. The number of carbonyl (C=O) groups is 2. The van der Waals surface area contributed by atoms with E-state index in [1.165, 1.54) is 25.3 Å². The molecule has 214 valence electrons. The van der Waals surface area contributed by atoms with E-state index in [1.807, 2.05) is 6.92 Å². The predicted octanol–water partition coefficient (Wildman–Crippen LogP) is 4.53. The largest absolute Gasteiger partial charge is 0.507 e. The number of anilines is 1. The number of aromatic hydroxyl groups is 1. The number of nitro groups is 1. The summed E-state index contributed by atoms with van der Waals surface area (Å²) in [5, 5.41) is 32.5. The molecule has 1 aliphatic heterocycles. The lowest BCUT2D eigenvalue weighted by Gasteiger charge is -2.23. The molecule has 1 saturated heterocycles. The molecule has 2 N–H and O–H groups in total. The van der Waals surface area contributed by atoms with Crippen LogP contribution in [-0.4, -0.2) is 47.3 Å². The van der Waals surface area contributed by atoms with Crippen LogP contribution < -0.4 is 9.64 Å². The molecule has 14 heteroatoms. The van der Waals surface area contributed by atoms with Gasteiger partial charge in [0.25, 0.3) is 11.5 Å². The lowest BCUT2D eigenvalue weighted by Crippen LogP contribution is -2.29. The number of aryl methyl sites for hydroxylation is 1. The summed E-state index contributed by atoms with van der Waals surface area (Å²) in [7, 11) is -2.86. The molecule has 2 heterocycles. The monoisotopic (exact) mass is 607 g/mol. The van der Waals surface area contributed by atoms with Gasteiger partial charge >= 0.3 is 5.91 Å². The number of hydrogen-bond donors (Lipinski definition) is 2. The maximum atomic E-state index is 13.4. The number of aliphatic hydroxyl groups is 1. The van der Waals surface area contributed by atoms with Gasteiger partial charge in [0.2, 0.25) is 9.84 Å². The Kier molecular flexibility index (Phi) is 7.26. The van der Waals surface area contributed by atoms with E-state index < -0.39 is 38.3 Å². The molecule has 1 fully saturated rings. The number of phenolic OH excluding ortho intramolecular Hbond substituents is 1. The van der Waals surface area contributed by atoms with E-state index in [1.54, 1.807) is 24.3 Å². The zero-order valence-electron chi connectivity index (χ0n) is 21.9. The molecular formula is C28H21N3O9S2. The second-order valence-electron chi connectivity index (χ2n) is 9.18. The Balaban J connectivity index is 1.64. The Labute approximate surface area is 242 Å². The van der Waals surface area contributed by atoms with Crippen LogP contribution in [0.5, 0.6) is 11.5 Å². The third kappa shape index (κ3) is 4.86. The van der Waals surface area contributed by atoms with Crippen LogP contribution in [0, 0.1) is 17.0 Å². The van der Waals surface area contributed by atoms with Crippen molar-refractivity contribution in [1.82, 2.24) is 4.98 Å². The van der Waals surface area contributed by atoms with Crippen LogP contribution in [0.15, 0.2) is 87.6 Å². The van der Waals surface area contributed by atoms with Crippen molar-refractivity contribution in [2.45, 2.75) is 22.1 Å². The number of ether oxygens (including phenoxy) is 1. The van der Waals surface area contributed by atoms with Gasteiger partial charge < -0.3 is 14.9 Å². The molecule has 3 aromatic carbocycles. The fraction of sp³-hybridized carbons (Fsp3) is 0.107. The summed E-state index contributed by atoms with van der Waals surface area (Å²) in [5.41, 5.74) is 0.799. The SMILES string of the molecule is COc1ccc(C2/C(=C(\O)c3ccc(C)cc3)C(=O)C(=O)N2c2ncc(S(=O)(=O)c3ccc([N+](=O)[O-])cc3)s2)cc1O. The Morgan fingerprint density at radius 1 is 1.07 bits per heavy atom. The number of thiazole rings is 1. The highest BCUT2D eigenvalue weighted by molar-refractivity contribution is 7.93. The topological polar surface area (TPSA) is 177 Å². The van der Waals surface area contributed by atoms with Crippen molar-refractivity contribution >= 4 is 49.4 Å². The van der Waals surface area contributed by atoms with E-state index in [0.717, 1.165) is 40.9 Å². The van der Waals surface area contributed by atoms with Crippen molar-refractivity contribution in [3.63, 3.8) is 0 Å². The maximum absolute atomic E-state index is 13.4. The number of benzene rings is 3. The summed E-state index contributed by atoms with van der Waals surface area (Å²) < 4.78 is 31.4. The van der Waals surface area contributed by atoms with Crippen molar-refractivity contribution in [1.29, 1.82) is 0 Å². The number of Topliss-reactive ketones (excluding diaryl/α,β-unsaturated/α-hetero) is 1. The zero-order valence-corrected chi connectivity index (χ0v) is 23.5. The molecule has 1 aromatic heterocycles. The third-order valence-corrected chi connectivity index (χ3v) is 9.82. The normalized spacial score (nSPS) is 16.5. The minimum absolute atomic E-state index is 0.125. The molecule has 42 heavy (non-hydrogen) atoms. The number of rotatable bonds is 7. The number of methoxy groups -OCH3 is 1. The van der Waals surface area contributed by atoms with E-state index in [9.17, 15) is 38.3 Å². The fourth-order valence-electron chi connectivity index (χ4n) is 4.44. The number of non-ortho nitro benzene ring substituents is 1. The molecule has 12 nitrogen and oxygen atoms in total. The predicted molar refractivity (Wildman–Crippen MR) is 151 cm³/mol. The summed E-state index contributed by atoms with van der Waals surface area (Å²) in [6.07, 6.45) is 1.01. The quantitative estimate of drug-likeness (QED) is 0.0997. The number of sulfone groups is 1. The standard InChI is InChI=1S/C28H21N3O9S2/c1-15-3-5-16(6-4-15)25(33)23-24(17-7-12-21(40-2)20(32)13-17)30(27(35)26(23)34)28-29-14-22(41-28)42(38,39)19-10-8-18(9-11-19)31(36)37/h3-14,24,32-33H,1-2H3/b25-23+. The molecule has 1 amide bonds. The first kappa shape index (κ1) is 28.4. The Bertz CT molecular complexity index is 1880. The average Bonchev–Trinajstić information content (AvgIpc) is 3.56. The Hall–Kier alpha value is -5.08. The summed E-state index contributed by atoms with van der Waals surface area (Å²) in [6.45, 7) is 1.84. The third-order valence-electron chi connectivity index (χ3n) is 6.59. The van der Waals surface area contributed by atoms with Gasteiger partial charge in [-0.3, -0.25) is 24.6 Å². The molecule has 1 aliphatic rings. The summed E-state index contributed by atoms with van der Waals surface area (Å²) in [6, 6.07) is 13.8. The van der Waals surface area contributed by atoms with Gasteiger partial charge in [-0.25, -0.2) is 13.4 Å². The van der Waals surface area contributed by atoms with Gasteiger partial charge in [-0.15, -0.1) is 0 Å². The first-order chi connectivity index (χ1) is 19.9. The van der Waals surface area contributed by atoms with Gasteiger partial charge in [0.05, 0.1) is 34.7 Å². The number of ketones is 1. The second-order valence-corrected chi connectivity index (χ2v) is 12.4. The second kappa shape index (κ2) is 10.7. The van der Waals surface area contributed by atoms with Gasteiger partial charge in [-0.05, 0) is 36.8 Å². The maximum Gasteiger partial charge on any atom is 0.301 e. The fourth-order valence-corrected chi connectivity index (χ4v) is 6.99. The smallest absolute Gasteiger partial charge is 0.301 e. The van der Waals surface area contributed by atoms with Gasteiger partial charge in [-0.1, -0.05) is 47.2 Å². The van der Waals surface area contributed by atoms with Gasteiger partial charge in [0, 0.05) is 17.7 Å². The van der Waals surface area contributed by atoms with Crippen LogP contribution in [0.3, 0.4) is 0 Å². The van der Waals surface area contributed by atoms with E-state index in [-0.39, 0.29) is 48.1 Å². The lowest BCUT2D eigenvalue weighted by molar-refractivity contribution is -0.384. The molecule has 0 aliphatic carbocycles. The van der Waals surface area contributed by atoms with Crippen molar-refractivity contribution in [3.05, 3.63) is 105 Å². The number of carbonyl (C=O) groups excluding carboxylic acids is 2. The molecule has 0 bridgehead atoms. The van der Waals surface area contributed by atoms with Gasteiger partial charge in [0.1, 0.15) is 9.97 Å². The number of nitrogens with zero attached hydrogens (tertiary/aromatic N) is 3. The van der Waals surface area contributed by atoms with Crippen LogP contribution in [0.4, 0.5) is 10.8 Å². The van der Waals surface area contributed by atoms with Crippen LogP contribution in [0.25, 0.3) is 5.76 Å². The highest BCUT2D eigenvalue weighted by Crippen LogP contribution is 2.45. The van der Waals surface area contributed by atoms with Crippen molar-refractivity contribution in [3.8, 4) is 11.5 Å². The molecule has 0 saturated carbocycles. The highest BCUT2D eigenvalue weighted by atomic mass is 32.2. The molecule has 5 rings (SSSR count). The van der Waals surface area contributed by atoms with E-state index in [4.69, 9.17) is 4.74 Å². The van der Waals surface area contributed by atoms with Crippen LogP contribution in [0.2, 0.25) is 0 Å². The first-order valence-electron chi connectivity index (χ1n) is 12.1. The number of phenols is 1. The summed E-state index contributed by atoms with van der Waals surface area (Å²) >= 11 is 0.599. The average molecular weight is 608 g/mol. The Morgan fingerprint density at radius 3 is 2.33 bits per heavy atom. The summed E-state index contributed by atoms with van der Waals surface area (Å²) in [5.74, 6) is -2.75. The van der Waals surface area contributed by atoms with E-state index >= 15 is 0 Å². The zero-order chi connectivity index (χ0) is 30.3. The van der Waals surface area contributed by atoms with E-state index in [2.05, 4.69) is 4.98 Å². The van der Waals surface area contributed by atoms with E-state index in [0.29, 0.717) is 11.3 Å².